The molecule has 1 heterocycles. The maximum atomic E-state index is 13.2. The lowest BCUT2D eigenvalue weighted by Crippen LogP contribution is -2.48. The Morgan fingerprint density at radius 2 is 2.03 bits per heavy atom. The van der Waals surface area contributed by atoms with Gasteiger partial charge < -0.3 is 15.0 Å². The number of rotatable bonds is 8. The molecule has 3 rings (SSSR count). The molecule has 30 heavy (non-hydrogen) atoms. The molecular formula is C24H29ClN2O3. The molecule has 1 aliphatic rings. The molecule has 1 N–H and O–H groups in total. The summed E-state index contributed by atoms with van der Waals surface area (Å²) in [6, 6.07) is 14.8. The minimum absolute atomic E-state index is 0.0557. The van der Waals surface area contributed by atoms with Crippen LogP contribution in [0.5, 0.6) is 5.75 Å². The minimum Gasteiger partial charge on any atom is -0.496 e. The number of nitrogens with zero attached hydrogens (tertiary/aromatic N) is 1. The molecule has 0 unspecified atom stereocenters. The van der Waals surface area contributed by atoms with E-state index in [4.69, 9.17) is 16.3 Å². The van der Waals surface area contributed by atoms with Gasteiger partial charge in [-0.05, 0) is 36.6 Å². The number of hydrogen-bond acceptors (Lipinski definition) is 3. The van der Waals surface area contributed by atoms with Gasteiger partial charge in [0, 0.05) is 30.1 Å². The molecule has 6 heteroatoms. The van der Waals surface area contributed by atoms with E-state index in [9.17, 15) is 9.59 Å². The highest BCUT2D eigenvalue weighted by Gasteiger charge is 2.41. The first-order valence-electron chi connectivity index (χ1n) is 10.5. The maximum Gasteiger partial charge on any atom is 0.225 e. The van der Waals surface area contributed by atoms with Gasteiger partial charge >= 0.3 is 0 Å². The summed E-state index contributed by atoms with van der Waals surface area (Å²) in [5.41, 5.74) is 1.83. The largest absolute Gasteiger partial charge is 0.496 e. The number of amides is 2. The molecule has 2 aromatic carbocycles. The van der Waals surface area contributed by atoms with Crippen molar-refractivity contribution in [3.05, 3.63) is 64.7 Å². The van der Waals surface area contributed by atoms with Gasteiger partial charge in [-0.1, -0.05) is 55.3 Å². The summed E-state index contributed by atoms with van der Waals surface area (Å²) < 4.78 is 5.57. The number of para-hydroxylation sites is 1. The van der Waals surface area contributed by atoms with E-state index in [1.807, 2.05) is 53.4 Å². The minimum atomic E-state index is -0.340. The van der Waals surface area contributed by atoms with E-state index in [1.54, 1.807) is 7.11 Å². The fourth-order valence-electron chi connectivity index (χ4n) is 4.08. The van der Waals surface area contributed by atoms with Crippen LogP contribution >= 0.6 is 11.6 Å². The highest BCUT2D eigenvalue weighted by molar-refractivity contribution is 6.30. The third-order valence-electron chi connectivity index (χ3n) is 5.61. The Labute approximate surface area is 183 Å². The van der Waals surface area contributed by atoms with Crippen LogP contribution in [0.25, 0.3) is 0 Å². The first-order valence-corrected chi connectivity index (χ1v) is 10.9. The predicted octanol–water partition coefficient (Wildman–Crippen LogP) is 4.74. The predicted molar refractivity (Wildman–Crippen MR) is 118 cm³/mol. The highest BCUT2D eigenvalue weighted by Crippen LogP contribution is 2.40. The molecular weight excluding hydrogens is 400 g/mol. The summed E-state index contributed by atoms with van der Waals surface area (Å²) in [6.45, 7) is 3.13. The molecule has 0 aromatic heterocycles. The van der Waals surface area contributed by atoms with Crippen molar-refractivity contribution in [2.24, 2.45) is 5.92 Å². The Kier molecular flexibility index (Phi) is 7.75. The van der Waals surface area contributed by atoms with E-state index in [0.717, 1.165) is 24.0 Å². The number of likely N-dealkylation sites (tertiary alicyclic amines) is 1. The number of piperidine rings is 1. The van der Waals surface area contributed by atoms with Crippen molar-refractivity contribution >= 4 is 23.4 Å². The molecule has 1 fully saturated rings. The van der Waals surface area contributed by atoms with Gasteiger partial charge in [0.1, 0.15) is 5.75 Å². The number of benzene rings is 2. The number of carbonyl (C=O) groups excluding carboxylic acids is 2. The molecule has 5 nitrogen and oxygen atoms in total. The normalized spacial score (nSPS) is 18.9. The second kappa shape index (κ2) is 10.5. The van der Waals surface area contributed by atoms with Gasteiger partial charge in [0.15, 0.2) is 0 Å². The zero-order valence-electron chi connectivity index (χ0n) is 17.6. The second-order valence-corrected chi connectivity index (χ2v) is 8.06. The van der Waals surface area contributed by atoms with Crippen molar-refractivity contribution in [1.82, 2.24) is 10.2 Å². The highest BCUT2D eigenvalue weighted by atomic mass is 35.5. The maximum absolute atomic E-state index is 13.2. The topological polar surface area (TPSA) is 58.6 Å². The van der Waals surface area contributed by atoms with Gasteiger partial charge in [-0.3, -0.25) is 9.59 Å². The van der Waals surface area contributed by atoms with Crippen molar-refractivity contribution in [1.29, 1.82) is 0 Å². The number of ether oxygens (including phenoxy) is 1. The Balaban J connectivity index is 1.87. The van der Waals surface area contributed by atoms with Crippen LogP contribution in [0.4, 0.5) is 0 Å². The van der Waals surface area contributed by atoms with Crippen LogP contribution in [0, 0.1) is 5.92 Å². The molecule has 0 spiro atoms. The molecule has 2 atom stereocenters. The monoisotopic (exact) mass is 428 g/mol. The summed E-state index contributed by atoms with van der Waals surface area (Å²) in [4.78, 5) is 27.9. The van der Waals surface area contributed by atoms with Gasteiger partial charge in [0.05, 0.1) is 19.1 Å². The van der Waals surface area contributed by atoms with Crippen LogP contribution in [0.2, 0.25) is 5.02 Å². The van der Waals surface area contributed by atoms with Crippen molar-refractivity contribution in [3.63, 3.8) is 0 Å². The average molecular weight is 429 g/mol. The Hall–Kier alpha value is -2.53. The van der Waals surface area contributed by atoms with Crippen LogP contribution in [0.1, 0.15) is 49.8 Å². The van der Waals surface area contributed by atoms with E-state index in [-0.39, 0.29) is 23.8 Å². The molecule has 0 saturated carbocycles. The number of methoxy groups -OCH3 is 1. The number of unbranched alkanes of at least 4 members (excludes halogenated alkanes) is 1. The summed E-state index contributed by atoms with van der Waals surface area (Å²) in [5.74, 6) is 0.402. The molecule has 1 saturated heterocycles. The Morgan fingerprint density at radius 1 is 1.23 bits per heavy atom. The van der Waals surface area contributed by atoms with Crippen molar-refractivity contribution < 1.29 is 14.3 Å². The fraction of sp³-hybridized carbons (Fsp3) is 0.417. The molecule has 2 aromatic rings. The van der Waals surface area contributed by atoms with E-state index >= 15 is 0 Å². The molecule has 0 radical (unpaired) electrons. The quantitative estimate of drug-likeness (QED) is 0.660. The average Bonchev–Trinajstić information content (AvgIpc) is 2.76. The Morgan fingerprint density at radius 3 is 2.77 bits per heavy atom. The first kappa shape index (κ1) is 22.2. The van der Waals surface area contributed by atoms with E-state index in [0.29, 0.717) is 36.7 Å². The van der Waals surface area contributed by atoms with E-state index in [2.05, 4.69) is 12.2 Å². The molecule has 0 aliphatic carbocycles. The van der Waals surface area contributed by atoms with Gasteiger partial charge in [-0.2, -0.15) is 0 Å². The third-order valence-corrected chi connectivity index (χ3v) is 5.84. The lowest BCUT2D eigenvalue weighted by Gasteiger charge is -2.41. The van der Waals surface area contributed by atoms with Gasteiger partial charge in [-0.15, -0.1) is 0 Å². The van der Waals surface area contributed by atoms with Crippen LogP contribution < -0.4 is 10.1 Å². The first-order chi connectivity index (χ1) is 14.5. The van der Waals surface area contributed by atoms with Gasteiger partial charge in [0.25, 0.3) is 0 Å². The lowest BCUT2D eigenvalue weighted by molar-refractivity contribution is -0.143. The number of halogens is 1. The summed E-state index contributed by atoms with van der Waals surface area (Å²) in [7, 11) is 1.62. The van der Waals surface area contributed by atoms with Crippen molar-refractivity contribution in [2.75, 3.05) is 13.7 Å². The number of nitrogens with one attached hydrogen (secondary N) is 1. The molecule has 160 valence electrons. The van der Waals surface area contributed by atoms with Crippen LogP contribution in [0.3, 0.4) is 0 Å². The third kappa shape index (κ3) is 5.14. The SMILES string of the molecule is CCCCN1C(=O)CC[C@@H](C(=O)NCc2cccc(Cl)c2)[C@H]1c1ccccc1OC. The summed E-state index contributed by atoms with van der Waals surface area (Å²) in [6.07, 6.45) is 2.78. The van der Waals surface area contributed by atoms with E-state index < -0.39 is 0 Å². The zero-order valence-corrected chi connectivity index (χ0v) is 18.3. The number of hydrogen-bond donors (Lipinski definition) is 1. The second-order valence-electron chi connectivity index (χ2n) is 7.62. The van der Waals surface area contributed by atoms with Gasteiger partial charge in [-0.25, -0.2) is 0 Å². The number of carbonyl (C=O) groups is 2. The molecule has 0 bridgehead atoms. The zero-order chi connectivity index (χ0) is 21.5. The van der Waals surface area contributed by atoms with E-state index in [1.165, 1.54) is 0 Å². The lowest BCUT2D eigenvalue weighted by atomic mass is 9.83. The Bertz CT molecular complexity index is 886. The van der Waals surface area contributed by atoms with Gasteiger partial charge in [0.2, 0.25) is 11.8 Å². The summed E-state index contributed by atoms with van der Waals surface area (Å²) in [5, 5.41) is 3.69. The molecule has 1 aliphatic heterocycles. The van der Waals surface area contributed by atoms with Crippen LogP contribution in [-0.2, 0) is 16.1 Å². The van der Waals surface area contributed by atoms with Crippen LogP contribution in [0.15, 0.2) is 48.5 Å². The fourth-order valence-corrected chi connectivity index (χ4v) is 4.30. The standard InChI is InChI=1S/C24H29ClN2O3/c1-3-4-14-27-22(28)13-12-20(23(27)19-10-5-6-11-21(19)30-2)24(29)26-16-17-8-7-9-18(25)15-17/h5-11,15,20,23H,3-4,12-14,16H2,1-2H3,(H,26,29)/t20-,23-/m1/s1. The summed E-state index contributed by atoms with van der Waals surface area (Å²) >= 11 is 6.06. The van der Waals surface area contributed by atoms with Crippen LogP contribution in [-0.4, -0.2) is 30.4 Å². The molecule has 2 amide bonds. The smallest absolute Gasteiger partial charge is 0.225 e. The van der Waals surface area contributed by atoms with Crippen molar-refractivity contribution in [3.8, 4) is 5.75 Å². The van der Waals surface area contributed by atoms with Crippen molar-refractivity contribution in [2.45, 2.75) is 45.2 Å².